The van der Waals surface area contributed by atoms with Crippen LogP contribution in [-0.4, -0.2) is 19.2 Å². The van der Waals surface area contributed by atoms with Gasteiger partial charge in [0.15, 0.2) is 17.1 Å². The third-order valence-corrected chi connectivity index (χ3v) is 5.24. The Morgan fingerprint density at radius 1 is 0.909 bits per heavy atom. The lowest BCUT2D eigenvalue weighted by molar-refractivity contribution is -0.131. The van der Waals surface area contributed by atoms with Crippen molar-refractivity contribution in [2.75, 3.05) is 13.2 Å². The molecule has 1 aromatic carbocycles. The summed E-state index contributed by atoms with van der Waals surface area (Å²) in [4.78, 5) is 24.2. The Labute approximate surface area is 196 Å². The van der Waals surface area contributed by atoms with Crippen LogP contribution in [0.25, 0.3) is 11.0 Å². The molecule has 1 aromatic heterocycles. The van der Waals surface area contributed by atoms with Gasteiger partial charge in [-0.2, -0.15) is 0 Å². The Morgan fingerprint density at radius 3 is 2.30 bits per heavy atom. The van der Waals surface area contributed by atoms with Gasteiger partial charge in [0.1, 0.15) is 0 Å². The van der Waals surface area contributed by atoms with Crippen LogP contribution in [0.4, 0.5) is 0 Å². The van der Waals surface area contributed by atoms with Crippen molar-refractivity contribution in [1.29, 1.82) is 0 Å². The zero-order valence-electron chi connectivity index (χ0n) is 20.3. The number of allylic oxidation sites excluding steroid dienone is 1. The van der Waals surface area contributed by atoms with Gasteiger partial charge < -0.3 is 18.6 Å². The fourth-order valence-electron chi connectivity index (χ4n) is 3.58. The highest BCUT2D eigenvalue weighted by atomic mass is 16.5. The summed E-state index contributed by atoms with van der Waals surface area (Å²) in [6, 6.07) is 5.10. The van der Waals surface area contributed by atoms with Gasteiger partial charge in [0.2, 0.25) is 5.75 Å². The first-order chi connectivity index (χ1) is 16.1. The second kappa shape index (κ2) is 15.1. The topological polar surface area (TPSA) is 75.0 Å². The molecule has 0 unspecified atom stereocenters. The van der Waals surface area contributed by atoms with E-state index < -0.39 is 11.6 Å². The zero-order valence-corrected chi connectivity index (χ0v) is 20.3. The average Bonchev–Trinajstić information content (AvgIpc) is 2.79. The summed E-state index contributed by atoms with van der Waals surface area (Å²) < 4.78 is 22.6. The van der Waals surface area contributed by atoms with Crippen LogP contribution in [0, 0.1) is 0 Å². The SMILES string of the molecule is CC/C=C/CCOc1c(OCCCCCCCCCC)c2cccc(OC(C)=O)c2oc1=O. The zero-order chi connectivity index (χ0) is 23.9. The van der Waals surface area contributed by atoms with Gasteiger partial charge in [-0.3, -0.25) is 4.79 Å². The van der Waals surface area contributed by atoms with E-state index in [2.05, 4.69) is 19.9 Å². The Bertz CT molecular complexity index is 944. The first kappa shape index (κ1) is 26.5. The molecular formula is C27H38O6. The van der Waals surface area contributed by atoms with Crippen molar-refractivity contribution < 1.29 is 23.4 Å². The molecule has 0 spiro atoms. The van der Waals surface area contributed by atoms with Crippen LogP contribution in [0.3, 0.4) is 0 Å². The van der Waals surface area contributed by atoms with Gasteiger partial charge in [-0.25, -0.2) is 4.79 Å². The van der Waals surface area contributed by atoms with Crippen LogP contribution < -0.4 is 19.8 Å². The fraction of sp³-hybridized carbons (Fsp3) is 0.556. The Hall–Kier alpha value is -2.76. The lowest BCUT2D eigenvalue weighted by Gasteiger charge is -2.14. The number of esters is 1. The van der Waals surface area contributed by atoms with Gasteiger partial charge in [0.25, 0.3) is 0 Å². The molecule has 182 valence electrons. The van der Waals surface area contributed by atoms with E-state index in [1.165, 1.54) is 45.4 Å². The van der Waals surface area contributed by atoms with Crippen molar-refractivity contribution in [2.24, 2.45) is 0 Å². The highest BCUT2D eigenvalue weighted by Crippen LogP contribution is 2.37. The minimum absolute atomic E-state index is 0.0620. The predicted molar refractivity (Wildman–Crippen MR) is 131 cm³/mol. The summed E-state index contributed by atoms with van der Waals surface area (Å²) in [5.74, 6) is 0.102. The quantitative estimate of drug-likeness (QED) is 0.0888. The number of ether oxygens (including phenoxy) is 3. The number of benzene rings is 1. The largest absolute Gasteiger partial charge is 0.489 e. The number of hydrogen-bond acceptors (Lipinski definition) is 6. The molecular weight excluding hydrogens is 420 g/mol. The van der Waals surface area contributed by atoms with Crippen LogP contribution in [0.15, 0.2) is 39.6 Å². The molecule has 0 saturated carbocycles. The highest BCUT2D eigenvalue weighted by Gasteiger charge is 2.20. The van der Waals surface area contributed by atoms with Crippen LogP contribution in [0.2, 0.25) is 0 Å². The summed E-state index contributed by atoms with van der Waals surface area (Å²) in [6.45, 7) is 6.40. The van der Waals surface area contributed by atoms with Gasteiger partial charge in [0.05, 0.1) is 18.6 Å². The maximum absolute atomic E-state index is 12.7. The molecule has 0 aliphatic heterocycles. The third kappa shape index (κ3) is 8.95. The van der Waals surface area contributed by atoms with Crippen molar-refractivity contribution >= 4 is 16.9 Å². The van der Waals surface area contributed by atoms with Crippen molar-refractivity contribution in [2.45, 2.75) is 85.0 Å². The summed E-state index contributed by atoms with van der Waals surface area (Å²) >= 11 is 0. The minimum atomic E-state index is -0.646. The first-order valence-electron chi connectivity index (χ1n) is 12.3. The van der Waals surface area contributed by atoms with Gasteiger partial charge >= 0.3 is 11.6 Å². The predicted octanol–water partition coefficient (Wildman–Crippen LogP) is 6.97. The maximum atomic E-state index is 12.7. The van der Waals surface area contributed by atoms with E-state index in [1.54, 1.807) is 18.2 Å². The van der Waals surface area contributed by atoms with E-state index in [0.29, 0.717) is 30.8 Å². The van der Waals surface area contributed by atoms with E-state index in [1.807, 2.05) is 6.08 Å². The lowest BCUT2D eigenvalue weighted by Crippen LogP contribution is -2.12. The van der Waals surface area contributed by atoms with Crippen LogP contribution in [-0.2, 0) is 4.79 Å². The number of rotatable bonds is 16. The Kier molecular flexibility index (Phi) is 12.2. The van der Waals surface area contributed by atoms with Crippen molar-refractivity contribution in [3.05, 3.63) is 40.8 Å². The number of hydrogen-bond donors (Lipinski definition) is 0. The van der Waals surface area contributed by atoms with Gasteiger partial charge in [-0.05, 0) is 31.4 Å². The molecule has 0 fully saturated rings. The second-order valence-corrected chi connectivity index (χ2v) is 8.11. The van der Waals surface area contributed by atoms with Crippen LogP contribution in [0.5, 0.6) is 17.2 Å². The lowest BCUT2D eigenvalue weighted by atomic mass is 10.1. The van der Waals surface area contributed by atoms with E-state index >= 15 is 0 Å². The molecule has 0 N–H and O–H groups in total. The monoisotopic (exact) mass is 458 g/mol. The summed E-state index contributed by atoms with van der Waals surface area (Å²) in [6.07, 6.45) is 15.2. The van der Waals surface area contributed by atoms with Gasteiger partial charge in [-0.15, -0.1) is 0 Å². The highest BCUT2D eigenvalue weighted by molar-refractivity contribution is 5.91. The first-order valence-corrected chi connectivity index (χ1v) is 12.3. The standard InChI is InChI=1S/C27H38O6/c1-4-6-8-10-11-12-13-15-19-30-25-22-17-16-18-23(32-21(3)28)24(22)33-27(29)26(25)31-20-14-9-7-5-2/h7,9,16-18H,4-6,8,10-15,19-20H2,1-3H3/b9-7+. The molecule has 1 heterocycles. The summed E-state index contributed by atoms with van der Waals surface area (Å²) in [7, 11) is 0. The minimum Gasteiger partial charge on any atom is -0.489 e. The second-order valence-electron chi connectivity index (χ2n) is 8.11. The van der Waals surface area contributed by atoms with E-state index in [9.17, 15) is 9.59 Å². The summed E-state index contributed by atoms with van der Waals surface area (Å²) in [5.41, 5.74) is -0.464. The Morgan fingerprint density at radius 2 is 1.61 bits per heavy atom. The molecule has 0 radical (unpaired) electrons. The van der Waals surface area contributed by atoms with Crippen LogP contribution >= 0.6 is 0 Å². The molecule has 0 atom stereocenters. The normalized spacial score (nSPS) is 11.2. The molecule has 6 nitrogen and oxygen atoms in total. The molecule has 2 rings (SSSR count). The molecule has 0 bridgehead atoms. The van der Waals surface area contributed by atoms with Gasteiger partial charge in [0, 0.05) is 6.92 Å². The number of carbonyl (C=O) groups excluding carboxylic acids is 1. The molecule has 0 aliphatic rings. The number of para-hydroxylation sites is 1. The average molecular weight is 459 g/mol. The molecule has 6 heteroatoms. The molecule has 0 saturated heterocycles. The van der Waals surface area contributed by atoms with E-state index in [-0.39, 0.29) is 17.1 Å². The summed E-state index contributed by atoms with van der Waals surface area (Å²) in [5, 5.41) is 0.548. The molecule has 2 aromatic rings. The maximum Gasteiger partial charge on any atom is 0.383 e. The number of carbonyl (C=O) groups is 1. The van der Waals surface area contributed by atoms with E-state index in [0.717, 1.165) is 19.3 Å². The van der Waals surface area contributed by atoms with Gasteiger partial charge in [-0.1, -0.05) is 77.0 Å². The Balaban J connectivity index is 2.14. The molecule has 0 amide bonds. The van der Waals surface area contributed by atoms with Crippen molar-refractivity contribution in [3.8, 4) is 17.2 Å². The molecule has 0 aliphatic carbocycles. The van der Waals surface area contributed by atoms with Crippen LogP contribution in [0.1, 0.15) is 85.0 Å². The van der Waals surface area contributed by atoms with E-state index in [4.69, 9.17) is 18.6 Å². The van der Waals surface area contributed by atoms with Crippen molar-refractivity contribution in [1.82, 2.24) is 0 Å². The molecule has 33 heavy (non-hydrogen) atoms. The smallest absolute Gasteiger partial charge is 0.383 e. The number of unbranched alkanes of at least 4 members (excludes halogenated alkanes) is 7. The van der Waals surface area contributed by atoms with Crippen molar-refractivity contribution in [3.63, 3.8) is 0 Å². The third-order valence-electron chi connectivity index (χ3n) is 5.24. The fourth-order valence-corrected chi connectivity index (χ4v) is 3.58. The number of fused-ring (bicyclic) bond motifs is 1.